The number of benzene rings is 4. The largest absolute Gasteiger partial charge is 0.493 e. The van der Waals surface area contributed by atoms with Gasteiger partial charge in [-0.3, -0.25) is 0 Å². The molecule has 0 aromatic heterocycles. The van der Waals surface area contributed by atoms with Gasteiger partial charge < -0.3 is 9.47 Å². The highest BCUT2D eigenvalue weighted by atomic mass is 19.4. The summed E-state index contributed by atoms with van der Waals surface area (Å²) in [6.45, 7) is 8.59. The van der Waals surface area contributed by atoms with Gasteiger partial charge in [-0.25, -0.2) is 22.1 Å². The first-order chi connectivity index (χ1) is 22.0. The van der Waals surface area contributed by atoms with Crippen molar-refractivity contribution in [3.63, 3.8) is 0 Å². The lowest BCUT2D eigenvalue weighted by molar-refractivity contribution is -0.546. The minimum Gasteiger partial charge on any atom is -0.493 e. The van der Waals surface area contributed by atoms with Gasteiger partial charge in [-0.2, -0.15) is 13.2 Å². The summed E-state index contributed by atoms with van der Waals surface area (Å²) in [5.41, 5.74) is 1.61. The van der Waals surface area contributed by atoms with Crippen molar-refractivity contribution in [3.05, 3.63) is 117 Å². The van der Waals surface area contributed by atoms with Gasteiger partial charge in [0.05, 0.1) is 31.3 Å². The fraction of sp³-hybridized carbons (Fsp3) is 0.324. The third-order valence-electron chi connectivity index (χ3n) is 8.74. The minimum atomic E-state index is -4.88. The normalized spacial score (nSPS) is 14.2. The van der Waals surface area contributed by atoms with Crippen LogP contribution in [0.1, 0.15) is 67.0 Å². The molecule has 10 heteroatoms. The molecule has 1 atom stereocenters. The predicted octanol–water partition coefficient (Wildman–Crippen LogP) is 9.61. The highest BCUT2D eigenvalue weighted by molar-refractivity contribution is 6.03. The summed E-state index contributed by atoms with van der Waals surface area (Å²) in [4.78, 5) is 0. The Labute approximate surface area is 269 Å². The van der Waals surface area contributed by atoms with Crippen LogP contribution in [0, 0.1) is 23.3 Å². The van der Waals surface area contributed by atoms with Gasteiger partial charge in [-0.05, 0) is 58.9 Å². The van der Waals surface area contributed by atoms with Crippen LogP contribution in [-0.4, -0.2) is 31.1 Å². The van der Waals surface area contributed by atoms with E-state index in [1.54, 1.807) is 0 Å². The number of nitrogens with zero attached hydrogens (tertiary/aromatic N) is 1. The smallest absolute Gasteiger partial charge is 0.416 e. The van der Waals surface area contributed by atoms with Crippen LogP contribution in [0.25, 0.3) is 11.1 Å². The molecular formula is C37H35F7NO2+. The molecule has 0 saturated carbocycles. The molecule has 47 heavy (non-hydrogen) atoms. The molecule has 5 rings (SSSR count). The summed E-state index contributed by atoms with van der Waals surface area (Å²) in [7, 11) is 3.04. The molecule has 1 aliphatic rings. The number of ether oxygens (including phenoxy) is 2. The maximum Gasteiger partial charge on any atom is 0.416 e. The standard InChI is InChI=1S/C37H35F7NO2/c1-20(21-7-10-24(11-8-21)36(2,3)4)35-27-17-31(47-6)30(46-5)15-22(27)13-14-45(35)19-23-9-12-25(37(42,43)44)16-26(23)32-33(40)28(38)18-29(39)34(32)41/h7-12,15-18,20H,13-14,19H2,1-6H3/q+1. The van der Waals surface area contributed by atoms with Crippen LogP contribution in [0.5, 0.6) is 11.5 Å². The van der Waals surface area contributed by atoms with E-state index >= 15 is 8.78 Å². The van der Waals surface area contributed by atoms with Gasteiger partial charge in [0.1, 0.15) is 6.54 Å². The van der Waals surface area contributed by atoms with Gasteiger partial charge in [0.2, 0.25) is 0 Å². The average Bonchev–Trinajstić information content (AvgIpc) is 3.02. The number of fused-ring (bicyclic) bond motifs is 1. The third-order valence-corrected chi connectivity index (χ3v) is 8.74. The number of hydrogen-bond donors (Lipinski definition) is 0. The molecule has 0 bridgehead atoms. The van der Waals surface area contributed by atoms with Gasteiger partial charge in [-0.15, -0.1) is 0 Å². The van der Waals surface area contributed by atoms with Gasteiger partial charge in [-0.1, -0.05) is 51.1 Å². The lowest BCUT2D eigenvalue weighted by atomic mass is 9.82. The molecule has 1 aliphatic heterocycles. The van der Waals surface area contributed by atoms with Crippen molar-refractivity contribution < 1.29 is 44.8 Å². The molecule has 0 aliphatic carbocycles. The number of methoxy groups -OCH3 is 2. The Bertz CT molecular complexity index is 1830. The van der Waals surface area contributed by atoms with Crippen molar-refractivity contribution >= 4 is 5.71 Å². The average molecular weight is 659 g/mol. The summed E-state index contributed by atoms with van der Waals surface area (Å²) >= 11 is 0. The van der Waals surface area contributed by atoms with E-state index in [0.29, 0.717) is 30.5 Å². The zero-order valence-electron chi connectivity index (χ0n) is 26.9. The molecule has 0 fully saturated rings. The summed E-state index contributed by atoms with van der Waals surface area (Å²) in [6, 6.07) is 14.3. The molecule has 0 saturated heterocycles. The molecule has 0 N–H and O–H groups in total. The highest BCUT2D eigenvalue weighted by Crippen LogP contribution is 2.40. The van der Waals surface area contributed by atoms with Crippen molar-refractivity contribution in [2.45, 2.75) is 58.2 Å². The van der Waals surface area contributed by atoms with E-state index in [2.05, 4.69) is 20.8 Å². The highest BCUT2D eigenvalue weighted by Gasteiger charge is 2.36. The van der Waals surface area contributed by atoms with Crippen LogP contribution < -0.4 is 9.47 Å². The quantitative estimate of drug-likeness (QED) is 0.112. The second kappa shape index (κ2) is 12.7. The first kappa shape index (κ1) is 34.0. The van der Waals surface area contributed by atoms with E-state index in [0.717, 1.165) is 40.1 Å². The van der Waals surface area contributed by atoms with Crippen molar-refractivity contribution in [1.82, 2.24) is 0 Å². The zero-order chi connectivity index (χ0) is 34.4. The van der Waals surface area contributed by atoms with Crippen LogP contribution >= 0.6 is 0 Å². The molecule has 4 aromatic rings. The van der Waals surface area contributed by atoms with E-state index in [1.165, 1.54) is 14.2 Å². The lowest BCUT2D eigenvalue weighted by Gasteiger charge is -2.25. The zero-order valence-corrected chi connectivity index (χ0v) is 26.9. The fourth-order valence-corrected chi connectivity index (χ4v) is 6.15. The Morgan fingerprint density at radius 1 is 0.745 bits per heavy atom. The van der Waals surface area contributed by atoms with Gasteiger partial charge in [0, 0.05) is 23.6 Å². The number of rotatable bonds is 7. The maximum atomic E-state index is 15.1. The third kappa shape index (κ3) is 6.60. The monoisotopic (exact) mass is 658 g/mol. The van der Waals surface area contributed by atoms with E-state index in [1.807, 2.05) is 47.9 Å². The first-order valence-corrected chi connectivity index (χ1v) is 15.1. The second-order valence-corrected chi connectivity index (χ2v) is 12.7. The SMILES string of the molecule is COc1cc2c(cc1OC)C(C(C)c1ccc(C(C)(C)C)cc1)=[N+](Cc1ccc(C(F)(F)F)cc1-c1c(F)c(F)cc(F)c1F)CC2. The Hall–Kier alpha value is -4.34. The van der Waals surface area contributed by atoms with Crippen LogP contribution in [0.3, 0.4) is 0 Å². The topological polar surface area (TPSA) is 21.5 Å². The molecule has 1 unspecified atom stereocenters. The van der Waals surface area contributed by atoms with Crippen molar-refractivity contribution in [2.75, 3.05) is 20.8 Å². The van der Waals surface area contributed by atoms with Crippen molar-refractivity contribution in [1.29, 1.82) is 0 Å². The molecule has 248 valence electrons. The summed E-state index contributed by atoms with van der Waals surface area (Å²) < 4.78 is 113. The fourth-order valence-electron chi connectivity index (χ4n) is 6.15. The van der Waals surface area contributed by atoms with Gasteiger partial charge >= 0.3 is 6.18 Å². The number of alkyl halides is 3. The Morgan fingerprint density at radius 2 is 1.32 bits per heavy atom. The summed E-state index contributed by atoms with van der Waals surface area (Å²) in [6.07, 6.45) is -4.38. The molecular weight excluding hydrogens is 623 g/mol. The van der Waals surface area contributed by atoms with Crippen LogP contribution in [-0.2, 0) is 24.6 Å². The molecule has 3 nitrogen and oxygen atoms in total. The minimum absolute atomic E-state index is 0.0309. The second-order valence-electron chi connectivity index (χ2n) is 12.7. The van der Waals surface area contributed by atoms with Gasteiger partial charge in [0.15, 0.2) is 47.0 Å². The van der Waals surface area contributed by atoms with E-state index < -0.39 is 46.1 Å². The molecule has 4 aromatic carbocycles. The predicted molar refractivity (Wildman–Crippen MR) is 166 cm³/mol. The maximum absolute atomic E-state index is 15.1. The van der Waals surface area contributed by atoms with Crippen molar-refractivity contribution in [3.8, 4) is 22.6 Å². The molecule has 0 amide bonds. The Balaban J connectivity index is 1.75. The summed E-state index contributed by atoms with van der Waals surface area (Å²) in [5.74, 6) is -6.24. The first-order valence-electron chi connectivity index (χ1n) is 15.1. The Morgan fingerprint density at radius 3 is 1.87 bits per heavy atom. The summed E-state index contributed by atoms with van der Waals surface area (Å²) in [5, 5.41) is 0. The van der Waals surface area contributed by atoms with Crippen molar-refractivity contribution in [2.24, 2.45) is 0 Å². The molecule has 0 spiro atoms. The van der Waals surface area contributed by atoms with E-state index in [9.17, 15) is 22.0 Å². The molecule has 1 heterocycles. The van der Waals surface area contributed by atoms with E-state index in [4.69, 9.17) is 9.47 Å². The number of hydrogen-bond acceptors (Lipinski definition) is 2. The molecule has 0 radical (unpaired) electrons. The lowest BCUT2D eigenvalue weighted by Crippen LogP contribution is -2.33. The van der Waals surface area contributed by atoms with E-state index in [-0.39, 0.29) is 29.5 Å². The number of halogens is 7. The van der Waals surface area contributed by atoms with Crippen LogP contribution in [0.4, 0.5) is 30.7 Å². The Kier molecular flexibility index (Phi) is 9.18. The van der Waals surface area contributed by atoms with Crippen LogP contribution in [0.15, 0.2) is 60.7 Å². The van der Waals surface area contributed by atoms with Crippen LogP contribution in [0.2, 0.25) is 0 Å². The van der Waals surface area contributed by atoms with Gasteiger partial charge in [0.25, 0.3) is 0 Å².